The van der Waals surface area contributed by atoms with E-state index in [4.69, 9.17) is 0 Å². The third-order valence-corrected chi connectivity index (χ3v) is 2.56. The van der Waals surface area contributed by atoms with Crippen LogP contribution in [0.2, 0.25) is 0 Å². The lowest BCUT2D eigenvalue weighted by Gasteiger charge is -1.93. The average Bonchev–Trinajstić information content (AvgIpc) is 2.72. The summed E-state index contributed by atoms with van der Waals surface area (Å²) in [5, 5.41) is 7.72. The highest BCUT2D eigenvalue weighted by Gasteiger charge is 2.09. The molecule has 3 rings (SSSR count). The van der Waals surface area contributed by atoms with E-state index in [1.54, 1.807) is 0 Å². The Morgan fingerprint density at radius 1 is 0.938 bits per heavy atom. The smallest absolute Gasteiger partial charge is 0.166 e. The van der Waals surface area contributed by atoms with Crippen LogP contribution < -0.4 is 5.10 Å². The first-order valence-corrected chi connectivity index (χ1v) is 5.31. The molecule has 3 heteroatoms. The molecule has 78 valence electrons. The molecule has 0 amide bonds. The minimum Gasteiger partial charge on any atom is -0.166 e. The predicted octanol–water partition coefficient (Wildman–Crippen LogP) is 1.90. The van der Waals surface area contributed by atoms with Gasteiger partial charge in [-0.05, 0) is 22.5 Å². The lowest BCUT2D eigenvalue weighted by molar-refractivity contribution is -0.469. The van der Waals surface area contributed by atoms with Gasteiger partial charge in [-0.3, -0.25) is 0 Å². The molecule has 0 unspecified atom stereocenters. The number of hydrogen-bond acceptors (Lipinski definition) is 1. The van der Waals surface area contributed by atoms with Crippen molar-refractivity contribution in [2.24, 2.45) is 0 Å². The molecule has 0 aliphatic rings. The molecule has 0 fully saturated rings. The van der Waals surface area contributed by atoms with Crippen molar-refractivity contribution in [1.29, 1.82) is 0 Å². The van der Waals surface area contributed by atoms with E-state index in [0.29, 0.717) is 0 Å². The minimum atomic E-state index is 0.773. The summed E-state index contributed by atoms with van der Waals surface area (Å²) >= 11 is 0. The molecule has 0 aliphatic heterocycles. The van der Waals surface area contributed by atoms with E-state index in [1.165, 1.54) is 5.56 Å². The Morgan fingerprint density at radius 3 is 2.50 bits per heavy atom. The Morgan fingerprint density at radius 2 is 1.69 bits per heavy atom. The molecule has 1 N–H and O–H groups in total. The average molecular weight is 210 g/mol. The number of H-pyrrole nitrogens is 1. The second-order valence-electron chi connectivity index (χ2n) is 3.77. The molecule has 3 nitrogen and oxygen atoms in total. The Hall–Kier alpha value is -2.16. The van der Waals surface area contributed by atoms with Gasteiger partial charge in [0.2, 0.25) is 5.52 Å². The number of rotatable bonds is 2. The topological polar surface area (TPSA) is 32.0 Å². The first-order valence-electron chi connectivity index (χ1n) is 5.31. The zero-order valence-corrected chi connectivity index (χ0v) is 8.80. The number of nitrogens with zero attached hydrogens (tertiary/aromatic N) is 2. The molecule has 0 aliphatic carbocycles. The van der Waals surface area contributed by atoms with Crippen molar-refractivity contribution >= 4 is 11.0 Å². The molecular formula is C13H12N3+. The minimum absolute atomic E-state index is 0.773. The van der Waals surface area contributed by atoms with Gasteiger partial charge in [-0.25, -0.2) is 0 Å². The Labute approximate surface area is 93.3 Å². The van der Waals surface area contributed by atoms with E-state index in [9.17, 15) is 0 Å². The monoisotopic (exact) mass is 210 g/mol. The van der Waals surface area contributed by atoms with E-state index < -0.39 is 0 Å². The van der Waals surface area contributed by atoms with E-state index in [0.717, 1.165) is 17.6 Å². The fourth-order valence-corrected chi connectivity index (χ4v) is 1.78. The summed E-state index contributed by atoms with van der Waals surface area (Å²) < 4.78 is 0. The highest BCUT2D eigenvalue weighted by Crippen LogP contribution is 2.05. The molecule has 2 aromatic carbocycles. The van der Waals surface area contributed by atoms with Gasteiger partial charge in [0.05, 0.1) is 0 Å². The fraction of sp³-hybridized carbons (Fsp3) is 0.0769. The molecule has 0 spiro atoms. The highest BCUT2D eigenvalue weighted by atomic mass is 15.5. The van der Waals surface area contributed by atoms with Gasteiger partial charge >= 0.3 is 0 Å². The van der Waals surface area contributed by atoms with E-state index >= 15 is 0 Å². The Balaban J connectivity index is 1.95. The quantitative estimate of drug-likeness (QED) is 0.635. The number of benzene rings is 2. The summed E-state index contributed by atoms with van der Waals surface area (Å²) in [6.07, 6.45) is 0. The van der Waals surface area contributed by atoms with Crippen LogP contribution in [0.3, 0.4) is 0 Å². The van der Waals surface area contributed by atoms with Crippen molar-refractivity contribution < 1.29 is 5.10 Å². The van der Waals surface area contributed by atoms with E-state index in [-0.39, 0.29) is 0 Å². The molecule has 0 radical (unpaired) electrons. The summed E-state index contributed by atoms with van der Waals surface area (Å²) in [5.41, 5.74) is 3.31. The summed E-state index contributed by atoms with van der Waals surface area (Å²) in [5.74, 6) is 0. The normalized spacial score (nSPS) is 10.8. The first-order chi connectivity index (χ1) is 7.92. The predicted molar refractivity (Wildman–Crippen MR) is 61.8 cm³/mol. The summed E-state index contributed by atoms with van der Waals surface area (Å²) in [7, 11) is 0. The van der Waals surface area contributed by atoms with Crippen LogP contribution >= 0.6 is 0 Å². The van der Waals surface area contributed by atoms with Gasteiger partial charge in [0.1, 0.15) is 6.54 Å². The molecular weight excluding hydrogens is 198 g/mol. The largest absolute Gasteiger partial charge is 0.248 e. The van der Waals surface area contributed by atoms with Crippen LogP contribution in [0.1, 0.15) is 5.56 Å². The van der Waals surface area contributed by atoms with Crippen LogP contribution in [0.15, 0.2) is 54.6 Å². The van der Waals surface area contributed by atoms with Crippen molar-refractivity contribution in [2.75, 3.05) is 0 Å². The Kier molecular flexibility index (Phi) is 2.14. The van der Waals surface area contributed by atoms with Crippen LogP contribution in [-0.2, 0) is 6.54 Å². The fourth-order valence-electron chi connectivity index (χ4n) is 1.78. The molecule has 0 saturated heterocycles. The van der Waals surface area contributed by atoms with Crippen LogP contribution in [0.5, 0.6) is 0 Å². The number of aromatic amines is 1. The van der Waals surface area contributed by atoms with Crippen molar-refractivity contribution in [2.45, 2.75) is 6.54 Å². The van der Waals surface area contributed by atoms with Gasteiger partial charge in [-0.15, -0.1) is 0 Å². The highest BCUT2D eigenvalue weighted by molar-refractivity contribution is 5.69. The maximum absolute atomic E-state index is 4.47. The van der Waals surface area contributed by atoms with Gasteiger partial charge in [-0.1, -0.05) is 42.5 Å². The third-order valence-electron chi connectivity index (χ3n) is 2.56. The lowest BCUT2D eigenvalue weighted by atomic mass is 10.2. The van der Waals surface area contributed by atoms with Gasteiger partial charge in [0.25, 0.3) is 0 Å². The van der Waals surface area contributed by atoms with Gasteiger partial charge in [0.15, 0.2) is 5.52 Å². The molecule has 1 aromatic heterocycles. The van der Waals surface area contributed by atoms with E-state index in [2.05, 4.69) is 22.3 Å². The zero-order chi connectivity index (χ0) is 10.8. The first kappa shape index (κ1) is 9.09. The maximum Gasteiger partial charge on any atom is 0.248 e. The molecule has 0 atom stereocenters. The van der Waals surface area contributed by atoms with Crippen molar-refractivity contribution in [3.05, 3.63) is 60.2 Å². The van der Waals surface area contributed by atoms with Gasteiger partial charge in [0, 0.05) is 5.10 Å². The van der Waals surface area contributed by atoms with Crippen molar-refractivity contribution in [1.82, 2.24) is 9.90 Å². The number of hydrogen-bond donors (Lipinski definition) is 0. The number of fused-ring (bicyclic) bond motifs is 1. The molecule has 0 saturated carbocycles. The second kappa shape index (κ2) is 3.77. The summed E-state index contributed by atoms with van der Waals surface area (Å²) in [4.78, 5) is 1.86. The number of nitrogens with one attached hydrogen (secondary N) is 1. The zero-order valence-electron chi connectivity index (χ0n) is 8.80. The third kappa shape index (κ3) is 1.67. The molecule has 16 heavy (non-hydrogen) atoms. The van der Waals surface area contributed by atoms with Crippen LogP contribution in [0.25, 0.3) is 11.0 Å². The van der Waals surface area contributed by atoms with Gasteiger partial charge < -0.3 is 0 Å². The summed E-state index contributed by atoms with van der Waals surface area (Å²) in [6.45, 7) is 0.773. The van der Waals surface area contributed by atoms with E-state index in [1.807, 2.05) is 47.3 Å². The Bertz CT molecular complexity index is 566. The molecule has 3 aromatic rings. The van der Waals surface area contributed by atoms with Crippen LogP contribution in [-0.4, -0.2) is 9.90 Å². The van der Waals surface area contributed by atoms with Crippen molar-refractivity contribution in [3.8, 4) is 0 Å². The lowest BCUT2D eigenvalue weighted by Crippen LogP contribution is -2.19. The maximum atomic E-state index is 4.47. The molecule has 1 heterocycles. The SMILES string of the molecule is c1ccc(Cn2nc3ccccc3[nH+]2)cc1. The molecule has 0 bridgehead atoms. The second-order valence-corrected chi connectivity index (χ2v) is 3.77. The van der Waals surface area contributed by atoms with Crippen LogP contribution in [0, 0.1) is 0 Å². The van der Waals surface area contributed by atoms with Crippen LogP contribution in [0.4, 0.5) is 0 Å². The standard InChI is InChI=1S/C13H11N3/c1-2-6-11(7-3-1)10-16-14-12-8-4-5-9-13(12)15-16/h1-9H,10H2/p+1. The number of para-hydroxylation sites is 1. The summed E-state index contributed by atoms with van der Waals surface area (Å²) in [6, 6.07) is 18.3. The number of aromatic nitrogens is 3. The van der Waals surface area contributed by atoms with Crippen molar-refractivity contribution in [3.63, 3.8) is 0 Å². The van der Waals surface area contributed by atoms with Gasteiger partial charge in [-0.2, -0.15) is 5.10 Å².